The van der Waals surface area contributed by atoms with Crippen molar-refractivity contribution in [1.82, 2.24) is 10.2 Å². The monoisotopic (exact) mass is 272 g/mol. The average Bonchev–Trinajstić information content (AvgIpc) is 2.19. The molecule has 1 atom stereocenters. The molecule has 1 unspecified atom stereocenters. The Bertz CT molecular complexity index is 261. The largest absolute Gasteiger partial charge is 0.383 e. The van der Waals surface area contributed by atoms with E-state index in [1.54, 1.807) is 7.11 Å². The summed E-state index contributed by atoms with van der Waals surface area (Å²) in [6.45, 7) is 16.6. The molecule has 1 saturated heterocycles. The molecule has 0 bridgehead atoms. The van der Waals surface area contributed by atoms with Crippen molar-refractivity contribution in [2.24, 2.45) is 0 Å². The molecule has 114 valence electrons. The van der Waals surface area contributed by atoms with Crippen molar-refractivity contribution in [1.29, 1.82) is 0 Å². The Balaban J connectivity index is 2.71. The number of hydrogen-bond acceptors (Lipinski definition) is 4. The van der Waals surface area contributed by atoms with E-state index in [9.17, 15) is 0 Å². The number of nitrogens with zero attached hydrogens (tertiary/aromatic N) is 1. The van der Waals surface area contributed by atoms with Crippen LogP contribution in [0.4, 0.5) is 0 Å². The molecule has 1 aliphatic heterocycles. The fourth-order valence-electron chi connectivity index (χ4n) is 2.96. The zero-order valence-corrected chi connectivity index (χ0v) is 13.7. The highest BCUT2D eigenvalue weighted by atomic mass is 16.5. The van der Waals surface area contributed by atoms with Crippen LogP contribution in [-0.4, -0.2) is 61.5 Å². The second-order valence-corrected chi connectivity index (χ2v) is 7.20. The van der Waals surface area contributed by atoms with E-state index in [4.69, 9.17) is 9.47 Å². The quantitative estimate of drug-likeness (QED) is 0.800. The number of hydrogen-bond donors (Lipinski definition) is 1. The van der Waals surface area contributed by atoms with Gasteiger partial charge in [0.05, 0.1) is 17.8 Å². The molecule has 1 N–H and O–H groups in total. The highest BCUT2D eigenvalue weighted by Crippen LogP contribution is 2.29. The molecule has 0 aromatic heterocycles. The smallest absolute Gasteiger partial charge is 0.0760 e. The van der Waals surface area contributed by atoms with Crippen LogP contribution in [0.15, 0.2) is 0 Å². The van der Waals surface area contributed by atoms with E-state index in [1.807, 2.05) is 0 Å². The van der Waals surface area contributed by atoms with Gasteiger partial charge in [0, 0.05) is 38.8 Å². The van der Waals surface area contributed by atoms with Gasteiger partial charge in [0.2, 0.25) is 0 Å². The Morgan fingerprint density at radius 1 is 1.16 bits per heavy atom. The fourth-order valence-corrected chi connectivity index (χ4v) is 2.96. The number of ether oxygens (including phenoxy) is 2. The van der Waals surface area contributed by atoms with Crippen LogP contribution in [0.25, 0.3) is 0 Å². The first kappa shape index (κ1) is 16.9. The van der Waals surface area contributed by atoms with Crippen LogP contribution < -0.4 is 5.32 Å². The molecule has 0 aromatic carbocycles. The molecule has 0 aliphatic carbocycles. The lowest BCUT2D eigenvalue weighted by Crippen LogP contribution is -2.62. The Morgan fingerprint density at radius 2 is 1.68 bits per heavy atom. The van der Waals surface area contributed by atoms with Crippen molar-refractivity contribution in [3.05, 3.63) is 0 Å². The third-order valence-corrected chi connectivity index (χ3v) is 3.36. The lowest BCUT2D eigenvalue weighted by molar-refractivity contribution is -0.190. The minimum atomic E-state index is -0.106. The SMILES string of the molecule is COCC(CNC(C)C)N1CC(C)(C)OC(C)(C)C1. The number of morpholine rings is 1. The van der Waals surface area contributed by atoms with Gasteiger partial charge in [0.25, 0.3) is 0 Å². The van der Waals surface area contributed by atoms with Gasteiger partial charge >= 0.3 is 0 Å². The van der Waals surface area contributed by atoms with Gasteiger partial charge in [-0.1, -0.05) is 13.8 Å². The summed E-state index contributed by atoms with van der Waals surface area (Å²) in [4.78, 5) is 2.50. The van der Waals surface area contributed by atoms with Gasteiger partial charge in [0.1, 0.15) is 0 Å². The summed E-state index contributed by atoms with van der Waals surface area (Å²) in [6, 6.07) is 0.899. The Labute approximate surface area is 118 Å². The molecule has 19 heavy (non-hydrogen) atoms. The van der Waals surface area contributed by atoms with E-state index in [0.717, 1.165) is 26.2 Å². The molecule has 4 heteroatoms. The summed E-state index contributed by atoms with van der Waals surface area (Å²) < 4.78 is 11.5. The van der Waals surface area contributed by atoms with Crippen LogP contribution in [0.1, 0.15) is 41.5 Å². The van der Waals surface area contributed by atoms with Crippen LogP contribution in [0.5, 0.6) is 0 Å². The molecule has 4 nitrogen and oxygen atoms in total. The van der Waals surface area contributed by atoms with Gasteiger partial charge in [-0.25, -0.2) is 0 Å². The summed E-state index contributed by atoms with van der Waals surface area (Å²) in [5.41, 5.74) is -0.211. The minimum Gasteiger partial charge on any atom is -0.383 e. The lowest BCUT2D eigenvalue weighted by atomic mass is 9.97. The van der Waals surface area contributed by atoms with Crippen molar-refractivity contribution in [3.8, 4) is 0 Å². The van der Waals surface area contributed by atoms with Crippen molar-refractivity contribution in [2.45, 2.75) is 64.8 Å². The summed E-state index contributed by atoms with van der Waals surface area (Å²) in [7, 11) is 1.78. The molecule has 0 aromatic rings. The third kappa shape index (κ3) is 5.78. The first-order chi connectivity index (χ1) is 8.65. The first-order valence-corrected chi connectivity index (χ1v) is 7.32. The zero-order valence-electron chi connectivity index (χ0n) is 13.7. The second-order valence-electron chi connectivity index (χ2n) is 7.20. The standard InChI is InChI=1S/C15H32N2O2/c1-12(2)16-8-13(9-18-7)17-10-14(3,4)19-15(5,6)11-17/h12-13,16H,8-11H2,1-7H3. The maximum atomic E-state index is 6.14. The predicted octanol–water partition coefficient (Wildman–Crippen LogP) is 1.89. The second kappa shape index (κ2) is 6.53. The van der Waals surface area contributed by atoms with Crippen molar-refractivity contribution in [2.75, 3.05) is 33.4 Å². The Hall–Kier alpha value is -0.160. The van der Waals surface area contributed by atoms with Gasteiger partial charge in [-0.15, -0.1) is 0 Å². The van der Waals surface area contributed by atoms with E-state index < -0.39 is 0 Å². The van der Waals surface area contributed by atoms with Gasteiger partial charge in [-0.2, -0.15) is 0 Å². The maximum absolute atomic E-state index is 6.14. The van der Waals surface area contributed by atoms with Gasteiger partial charge in [-0.3, -0.25) is 4.90 Å². The molecule has 0 spiro atoms. The van der Waals surface area contributed by atoms with Crippen LogP contribution in [0.2, 0.25) is 0 Å². The van der Waals surface area contributed by atoms with Gasteiger partial charge in [-0.05, 0) is 27.7 Å². The molecular formula is C15H32N2O2. The highest BCUT2D eigenvalue weighted by Gasteiger charge is 2.40. The van der Waals surface area contributed by atoms with Crippen LogP contribution in [0.3, 0.4) is 0 Å². The zero-order chi connectivity index (χ0) is 14.7. The predicted molar refractivity (Wildman–Crippen MR) is 79.6 cm³/mol. The van der Waals surface area contributed by atoms with Crippen molar-refractivity contribution >= 4 is 0 Å². The van der Waals surface area contributed by atoms with E-state index in [2.05, 4.69) is 51.8 Å². The lowest BCUT2D eigenvalue weighted by Gasteiger charge is -2.49. The first-order valence-electron chi connectivity index (χ1n) is 7.32. The van der Waals surface area contributed by atoms with Crippen molar-refractivity contribution in [3.63, 3.8) is 0 Å². The summed E-state index contributed by atoms with van der Waals surface area (Å²) in [5.74, 6) is 0. The van der Waals surface area contributed by atoms with E-state index >= 15 is 0 Å². The van der Waals surface area contributed by atoms with Crippen molar-refractivity contribution < 1.29 is 9.47 Å². The fraction of sp³-hybridized carbons (Fsp3) is 1.00. The van der Waals surface area contributed by atoms with Crippen LogP contribution in [-0.2, 0) is 9.47 Å². The summed E-state index contributed by atoms with van der Waals surface area (Å²) in [6.07, 6.45) is 0. The van der Waals surface area contributed by atoms with E-state index in [1.165, 1.54) is 0 Å². The molecule has 1 heterocycles. The maximum Gasteiger partial charge on any atom is 0.0760 e. The molecule has 1 aliphatic rings. The molecule has 0 saturated carbocycles. The molecule has 1 rings (SSSR count). The Morgan fingerprint density at radius 3 is 2.11 bits per heavy atom. The van der Waals surface area contributed by atoms with Gasteiger partial charge in [0.15, 0.2) is 0 Å². The number of rotatable bonds is 6. The van der Waals surface area contributed by atoms with Crippen LogP contribution in [0, 0.1) is 0 Å². The minimum absolute atomic E-state index is 0.106. The molecular weight excluding hydrogens is 240 g/mol. The topological polar surface area (TPSA) is 33.7 Å². The normalized spacial score (nSPS) is 24.6. The molecule has 0 amide bonds. The van der Waals surface area contributed by atoms with E-state index in [-0.39, 0.29) is 11.2 Å². The summed E-state index contributed by atoms with van der Waals surface area (Å²) in [5, 5.41) is 3.52. The van der Waals surface area contributed by atoms with Gasteiger partial charge < -0.3 is 14.8 Å². The molecule has 1 fully saturated rings. The summed E-state index contributed by atoms with van der Waals surface area (Å²) >= 11 is 0. The third-order valence-electron chi connectivity index (χ3n) is 3.36. The Kier molecular flexibility index (Phi) is 5.80. The highest BCUT2D eigenvalue weighted by molar-refractivity contribution is 4.92. The van der Waals surface area contributed by atoms with E-state index in [0.29, 0.717) is 12.1 Å². The molecule has 0 radical (unpaired) electrons. The number of nitrogens with one attached hydrogen (secondary N) is 1. The van der Waals surface area contributed by atoms with Crippen LogP contribution >= 0.6 is 0 Å². The number of methoxy groups -OCH3 is 1. The average molecular weight is 272 g/mol.